The van der Waals surface area contributed by atoms with Crippen LogP contribution in [0, 0.1) is 6.92 Å². The summed E-state index contributed by atoms with van der Waals surface area (Å²) in [5, 5.41) is 5.70. The molecule has 0 saturated carbocycles. The summed E-state index contributed by atoms with van der Waals surface area (Å²) in [6.07, 6.45) is 1.63. The molecule has 5 heteroatoms. The lowest BCUT2D eigenvalue weighted by Crippen LogP contribution is -2.36. The molecule has 0 radical (unpaired) electrons. The Labute approximate surface area is 140 Å². The first-order valence-corrected chi connectivity index (χ1v) is 7.83. The summed E-state index contributed by atoms with van der Waals surface area (Å²) in [7, 11) is 0. The van der Waals surface area contributed by atoms with Gasteiger partial charge in [-0.2, -0.15) is 0 Å². The number of carbonyl (C=O) groups is 2. The lowest BCUT2D eigenvalue weighted by atomic mass is 10.1. The lowest BCUT2D eigenvalue weighted by molar-refractivity contribution is -0.136. The van der Waals surface area contributed by atoms with Crippen LogP contribution in [-0.2, 0) is 16.0 Å². The van der Waals surface area contributed by atoms with Gasteiger partial charge in [0.25, 0.3) is 0 Å². The van der Waals surface area contributed by atoms with Gasteiger partial charge < -0.3 is 10.6 Å². The number of carbonyl (C=O) groups excluding carboxylic acids is 2. The topological polar surface area (TPSA) is 58.2 Å². The van der Waals surface area contributed by atoms with Crippen molar-refractivity contribution in [3.05, 3.63) is 64.7 Å². The lowest BCUT2D eigenvalue weighted by Gasteiger charge is -2.08. The average Bonchev–Trinajstić information content (AvgIpc) is 2.55. The fraction of sp³-hybridized carbons (Fsp3) is 0.222. The first-order chi connectivity index (χ1) is 11.1. The van der Waals surface area contributed by atoms with E-state index in [-0.39, 0.29) is 0 Å². The average molecular weight is 331 g/mol. The normalized spacial score (nSPS) is 10.2. The van der Waals surface area contributed by atoms with Crippen molar-refractivity contribution in [1.82, 2.24) is 5.32 Å². The minimum atomic E-state index is -0.690. The number of aryl methyl sites for hydroxylation is 2. The highest BCUT2D eigenvalue weighted by Crippen LogP contribution is 2.19. The quantitative estimate of drug-likeness (QED) is 0.652. The maximum absolute atomic E-state index is 11.8. The van der Waals surface area contributed by atoms with E-state index < -0.39 is 11.8 Å². The van der Waals surface area contributed by atoms with E-state index in [4.69, 9.17) is 11.6 Å². The minimum Gasteiger partial charge on any atom is -0.348 e. The number of benzene rings is 2. The summed E-state index contributed by atoms with van der Waals surface area (Å²) in [5.41, 5.74) is 2.63. The third-order valence-electron chi connectivity index (χ3n) is 3.41. The molecule has 0 aliphatic carbocycles. The zero-order valence-electron chi connectivity index (χ0n) is 12.9. The molecule has 2 aromatic carbocycles. The van der Waals surface area contributed by atoms with Crippen molar-refractivity contribution in [3.63, 3.8) is 0 Å². The summed E-state index contributed by atoms with van der Waals surface area (Å²) < 4.78 is 0. The van der Waals surface area contributed by atoms with E-state index in [1.807, 2.05) is 37.3 Å². The molecule has 120 valence electrons. The van der Waals surface area contributed by atoms with Gasteiger partial charge in [-0.1, -0.05) is 48.0 Å². The van der Waals surface area contributed by atoms with Crippen molar-refractivity contribution in [2.24, 2.45) is 0 Å². The Morgan fingerprint density at radius 2 is 1.78 bits per heavy atom. The molecule has 2 N–H and O–H groups in total. The van der Waals surface area contributed by atoms with Crippen LogP contribution in [0.5, 0.6) is 0 Å². The predicted molar refractivity (Wildman–Crippen MR) is 92.6 cm³/mol. The fourth-order valence-electron chi connectivity index (χ4n) is 2.08. The van der Waals surface area contributed by atoms with Crippen LogP contribution in [0.2, 0.25) is 5.02 Å². The standard InChI is InChI=1S/C18H19ClN2O2/c1-13-9-10-15(12-16(13)19)21-18(23)17(22)20-11-5-8-14-6-3-2-4-7-14/h2-4,6-7,9-10,12H,5,8,11H2,1H3,(H,20,22)(H,21,23). The summed E-state index contributed by atoms with van der Waals surface area (Å²) in [5.74, 6) is -1.33. The van der Waals surface area contributed by atoms with E-state index >= 15 is 0 Å². The summed E-state index contributed by atoms with van der Waals surface area (Å²) >= 11 is 5.99. The Morgan fingerprint density at radius 1 is 1.04 bits per heavy atom. The van der Waals surface area contributed by atoms with Gasteiger partial charge in [-0.15, -0.1) is 0 Å². The predicted octanol–water partition coefficient (Wildman–Crippen LogP) is 3.34. The molecule has 0 spiro atoms. The molecule has 0 unspecified atom stereocenters. The van der Waals surface area contributed by atoms with Gasteiger partial charge in [-0.05, 0) is 43.0 Å². The molecule has 0 atom stereocenters. The van der Waals surface area contributed by atoms with Crippen LogP contribution in [0.15, 0.2) is 48.5 Å². The highest BCUT2D eigenvalue weighted by Gasteiger charge is 2.13. The maximum atomic E-state index is 11.8. The second-order valence-corrected chi connectivity index (χ2v) is 5.67. The minimum absolute atomic E-state index is 0.454. The molecule has 0 heterocycles. The van der Waals surface area contributed by atoms with Gasteiger partial charge in [0.2, 0.25) is 0 Å². The zero-order chi connectivity index (χ0) is 16.7. The Hall–Kier alpha value is -2.33. The third kappa shape index (κ3) is 5.42. The van der Waals surface area contributed by atoms with E-state index in [1.165, 1.54) is 5.56 Å². The van der Waals surface area contributed by atoms with E-state index in [2.05, 4.69) is 10.6 Å². The largest absolute Gasteiger partial charge is 0.348 e. The molecular formula is C18H19ClN2O2. The Balaban J connectivity index is 1.74. The molecule has 23 heavy (non-hydrogen) atoms. The highest BCUT2D eigenvalue weighted by atomic mass is 35.5. The molecule has 2 aromatic rings. The SMILES string of the molecule is Cc1ccc(NC(=O)C(=O)NCCCc2ccccc2)cc1Cl. The van der Waals surface area contributed by atoms with Crippen molar-refractivity contribution in [2.45, 2.75) is 19.8 Å². The van der Waals surface area contributed by atoms with E-state index in [9.17, 15) is 9.59 Å². The number of amides is 2. The first kappa shape index (κ1) is 17.0. The van der Waals surface area contributed by atoms with Crippen molar-refractivity contribution in [2.75, 3.05) is 11.9 Å². The number of hydrogen-bond acceptors (Lipinski definition) is 2. The molecule has 0 aliphatic rings. The molecule has 0 aliphatic heterocycles. The van der Waals surface area contributed by atoms with E-state index in [1.54, 1.807) is 18.2 Å². The molecule has 2 amide bonds. The Bertz CT molecular complexity index is 687. The summed E-state index contributed by atoms with van der Waals surface area (Å²) in [6.45, 7) is 2.32. The highest BCUT2D eigenvalue weighted by molar-refractivity contribution is 6.39. The van der Waals surface area contributed by atoms with Crippen LogP contribution in [0.25, 0.3) is 0 Å². The Morgan fingerprint density at radius 3 is 2.48 bits per heavy atom. The van der Waals surface area contributed by atoms with Crippen LogP contribution in [0.4, 0.5) is 5.69 Å². The number of rotatable bonds is 5. The maximum Gasteiger partial charge on any atom is 0.313 e. The van der Waals surface area contributed by atoms with Gasteiger partial charge in [0.1, 0.15) is 0 Å². The Kier molecular flexibility index (Phi) is 6.18. The molecule has 0 saturated heterocycles. The van der Waals surface area contributed by atoms with Gasteiger partial charge in [0, 0.05) is 17.3 Å². The van der Waals surface area contributed by atoms with Gasteiger partial charge in [-0.25, -0.2) is 0 Å². The summed E-state index contributed by atoms with van der Waals surface area (Å²) in [4.78, 5) is 23.6. The van der Waals surface area contributed by atoms with Gasteiger partial charge in [0.15, 0.2) is 0 Å². The molecule has 0 fully saturated rings. The van der Waals surface area contributed by atoms with Crippen molar-refractivity contribution in [1.29, 1.82) is 0 Å². The van der Waals surface area contributed by atoms with Crippen LogP contribution in [0.3, 0.4) is 0 Å². The molecule has 0 bridgehead atoms. The molecule has 0 aromatic heterocycles. The molecule has 4 nitrogen and oxygen atoms in total. The first-order valence-electron chi connectivity index (χ1n) is 7.45. The van der Waals surface area contributed by atoms with Crippen molar-refractivity contribution in [3.8, 4) is 0 Å². The zero-order valence-corrected chi connectivity index (χ0v) is 13.7. The van der Waals surface area contributed by atoms with Gasteiger partial charge in [0.05, 0.1) is 0 Å². The number of nitrogens with one attached hydrogen (secondary N) is 2. The number of hydrogen-bond donors (Lipinski definition) is 2. The van der Waals surface area contributed by atoms with Crippen LogP contribution >= 0.6 is 11.6 Å². The van der Waals surface area contributed by atoms with Crippen molar-refractivity contribution < 1.29 is 9.59 Å². The second-order valence-electron chi connectivity index (χ2n) is 5.26. The van der Waals surface area contributed by atoms with E-state index in [0.29, 0.717) is 17.3 Å². The molecule has 2 rings (SSSR count). The van der Waals surface area contributed by atoms with Crippen LogP contribution < -0.4 is 10.6 Å². The number of anilines is 1. The van der Waals surface area contributed by atoms with Gasteiger partial charge in [-0.3, -0.25) is 9.59 Å². The number of halogens is 1. The van der Waals surface area contributed by atoms with E-state index in [0.717, 1.165) is 18.4 Å². The molecular weight excluding hydrogens is 312 g/mol. The third-order valence-corrected chi connectivity index (χ3v) is 3.81. The summed E-state index contributed by atoms with van der Waals surface area (Å²) in [6, 6.07) is 15.1. The monoisotopic (exact) mass is 330 g/mol. The van der Waals surface area contributed by atoms with Crippen LogP contribution in [0.1, 0.15) is 17.5 Å². The second kappa shape index (κ2) is 8.34. The fourth-order valence-corrected chi connectivity index (χ4v) is 2.26. The van der Waals surface area contributed by atoms with Crippen LogP contribution in [-0.4, -0.2) is 18.4 Å². The van der Waals surface area contributed by atoms with Gasteiger partial charge >= 0.3 is 11.8 Å². The van der Waals surface area contributed by atoms with Crippen molar-refractivity contribution >= 4 is 29.1 Å². The smallest absolute Gasteiger partial charge is 0.313 e.